The van der Waals surface area contributed by atoms with Crippen molar-refractivity contribution >= 4 is 5.78 Å². The molecule has 1 aromatic rings. The molecule has 1 unspecified atom stereocenters. The number of carbonyl (C=O) groups excluding carboxylic acids is 1. The van der Waals surface area contributed by atoms with Gasteiger partial charge in [-0.25, -0.2) is 0 Å². The van der Waals surface area contributed by atoms with E-state index in [0.717, 1.165) is 18.6 Å². The number of aryl methyl sites for hydroxylation is 1. The van der Waals surface area contributed by atoms with Gasteiger partial charge < -0.3 is 4.74 Å². The smallest absolute Gasteiger partial charge is 0.172 e. The summed E-state index contributed by atoms with van der Waals surface area (Å²) in [6.07, 6.45) is 1.85. The molecule has 0 radical (unpaired) electrons. The molecule has 0 aliphatic heterocycles. The first-order valence-corrected chi connectivity index (χ1v) is 5.91. The molecule has 0 aliphatic rings. The van der Waals surface area contributed by atoms with E-state index in [9.17, 15) is 4.79 Å². The normalized spacial score (nSPS) is 12.2. The molecular formula is C14H20O2. The minimum atomic E-state index is 0.0920. The van der Waals surface area contributed by atoms with E-state index in [0.29, 0.717) is 0 Å². The number of Topliss-reactive ketones (excluding diaryl/α,β-unsaturated/α-hetero) is 1. The second kappa shape index (κ2) is 6.31. The van der Waals surface area contributed by atoms with E-state index >= 15 is 0 Å². The fourth-order valence-corrected chi connectivity index (χ4v) is 1.38. The van der Waals surface area contributed by atoms with Gasteiger partial charge in [0.05, 0.1) is 0 Å². The molecule has 0 bridgehead atoms. The van der Waals surface area contributed by atoms with Crippen LogP contribution in [0.5, 0.6) is 5.75 Å². The lowest BCUT2D eigenvalue weighted by atomic mass is 10.0. The van der Waals surface area contributed by atoms with Crippen LogP contribution >= 0.6 is 0 Å². The summed E-state index contributed by atoms with van der Waals surface area (Å²) in [6.45, 7) is 6.24. The highest BCUT2D eigenvalue weighted by molar-refractivity contribution is 5.82. The first kappa shape index (κ1) is 12.8. The maximum absolute atomic E-state index is 11.6. The number of hydrogen-bond donors (Lipinski definition) is 0. The van der Waals surface area contributed by atoms with Gasteiger partial charge in [0, 0.05) is 5.92 Å². The zero-order valence-corrected chi connectivity index (χ0v) is 10.3. The molecule has 0 spiro atoms. The predicted molar refractivity (Wildman–Crippen MR) is 65.8 cm³/mol. The SMILES string of the molecule is CCc1cccc(OCC(=O)C(C)CC)c1. The summed E-state index contributed by atoms with van der Waals surface area (Å²) in [6, 6.07) is 7.90. The zero-order chi connectivity index (χ0) is 12.0. The van der Waals surface area contributed by atoms with Gasteiger partial charge in [0.2, 0.25) is 0 Å². The highest BCUT2D eigenvalue weighted by Crippen LogP contribution is 2.14. The molecule has 1 aromatic carbocycles. The standard InChI is InChI=1S/C14H20O2/c1-4-11(3)14(15)10-16-13-8-6-7-12(5-2)9-13/h6-9,11H,4-5,10H2,1-3H3. The number of benzene rings is 1. The van der Waals surface area contributed by atoms with E-state index in [1.54, 1.807) is 0 Å². The average Bonchev–Trinajstić information content (AvgIpc) is 2.35. The molecule has 0 aromatic heterocycles. The lowest BCUT2D eigenvalue weighted by molar-refractivity contribution is -0.124. The van der Waals surface area contributed by atoms with Gasteiger partial charge in [-0.05, 0) is 30.5 Å². The van der Waals surface area contributed by atoms with E-state index in [1.807, 2.05) is 32.0 Å². The number of ketones is 1. The first-order valence-electron chi connectivity index (χ1n) is 5.91. The molecule has 0 N–H and O–H groups in total. The van der Waals surface area contributed by atoms with Gasteiger partial charge in [-0.3, -0.25) is 4.79 Å². The second-order valence-electron chi connectivity index (χ2n) is 4.07. The van der Waals surface area contributed by atoms with Crippen LogP contribution in [0.3, 0.4) is 0 Å². The van der Waals surface area contributed by atoms with Crippen molar-refractivity contribution in [1.82, 2.24) is 0 Å². The fraction of sp³-hybridized carbons (Fsp3) is 0.500. The van der Waals surface area contributed by atoms with E-state index in [1.165, 1.54) is 5.56 Å². The molecule has 88 valence electrons. The minimum Gasteiger partial charge on any atom is -0.486 e. The third-order valence-corrected chi connectivity index (χ3v) is 2.85. The summed E-state index contributed by atoms with van der Waals surface area (Å²) in [5.74, 6) is 1.05. The molecule has 2 nitrogen and oxygen atoms in total. The van der Waals surface area contributed by atoms with Crippen LogP contribution in [0.25, 0.3) is 0 Å². The minimum absolute atomic E-state index is 0.0920. The predicted octanol–water partition coefficient (Wildman–Crippen LogP) is 3.24. The number of rotatable bonds is 6. The largest absolute Gasteiger partial charge is 0.486 e. The second-order valence-corrected chi connectivity index (χ2v) is 4.07. The Labute approximate surface area is 97.6 Å². The van der Waals surface area contributed by atoms with Crippen LogP contribution in [0, 0.1) is 5.92 Å². The summed E-state index contributed by atoms with van der Waals surface area (Å²) in [5.41, 5.74) is 1.23. The average molecular weight is 220 g/mol. The monoisotopic (exact) mass is 220 g/mol. The summed E-state index contributed by atoms with van der Waals surface area (Å²) >= 11 is 0. The Morgan fingerprint density at radius 1 is 1.38 bits per heavy atom. The Kier molecular flexibility index (Phi) is 5.03. The maximum Gasteiger partial charge on any atom is 0.172 e. The molecule has 0 amide bonds. The van der Waals surface area contributed by atoms with Gasteiger partial charge in [0.15, 0.2) is 5.78 Å². The molecule has 0 saturated heterocycles. The molecule has 0 saturated carbocycles. The van der Waals surface area contributed by atoms with Crippen molar-refractivity contribution in [1.29, 1.82) is 0 Å². The van der Waals surface area contributed by atoms with Crippen molar-refractivity contribution in [3.8, 4) is 5.75 Å². The lowest BCUT2D eigenvalue weighted by Gasteiger charge is -2.09. The molecule has 1 atom stereocenters. The van der Waals surface area contributed by atoms with E-state index < -0.39 is 0 Å². The Bertz CT molecular complexity index is 344. The van der Waals surface area contributed by atoms with Gasteiger partial charge in [0.25, 0.3) is 0 Å². The van der Waals surface area contributed by atoms with E-state index in [2.05, 4.69) is 13.0 Å². The molecule has 16 heavy (non-hydrogen) atoms. The highest BCUT2D eigenvalue weighted by Gasteiger charge is 2.10. The van der Waals surface area contributed by atoms with Crippen molar-refractivity contribution in [2.45, 2.75) is 33.6 Å². The van der Waals surface area contributed by atoms with Gasteiger partial charge in [-0.15, -0.1) is 0 Å². The van der Waals surface area contributed by atoms with Crippen LogP contribution in [-0.4, -0.2) is 12.4 Å². The molecule has 1 rings (SSSR count). The van der Waals surface area contributed by atoms with Crippen molar-refractivity contribution in [3.63, 3.8) is 0 Å². The Morgan fingerprint density at radius 2 is 2.12 bits per heavy atom. The quantitative estimate of drug-likeness (QED) is 0.735. The van der Waals surface area contributed by atoms with Crippen molar-refractivity contribution < 1.29 is 9.53 Å². The fourth-order valence-electron chi connectivity index (χ4n) is 1.38. The Hall–Kier alpha value is -1.31. The number of carbonyl (C=O) groups is 1. The van der Waals surface area contributed by atoms with Gasteiger partial charge in [-0.1, -0.05) is 32.9 Å². The summed E-state index contributed by atoms with van der Waals surface area (Å²) in [7, 11) is 0. The summed E-state index contributed by atoms with van der Waals surface area (Å²) < 4.78 is 5.48. The van der Waals surface area contributed by atoms with Crippen molar-refractivity contribution in [2.24, 2.45) is 5.92 Å². The van der Waals surface area contributed by atoms with Gasteiger partial charge in [0.1, 0.15) is 12.4 Å². The van der Waals surface area contributed by atoms with Gasteiger partial charge >= 0.3 is 0 Å². The molecule has 0 heterocycles. The highest BCUT2D eigenvalue weighted by atomic mass is 16.5. The lowest BCUT2D eigenvalue weighted by Crippen LogP contribution is -2.18. The van der Waals surface area contributed by atoms with E-state index in [4.69, 9.17) is 4.74 Å². The third-order valence-electron chi connectivity index (χ3n) is 2.85. The maximum atomic E-state index is 11.6. The summed E-state index contributed by atoms with van der Waals surface area (Å²) in [4.78, 5) is 11.6. The number of hydrogen-bond acceptors (Lipinski definition) is 2. The first-order chi connectivity index (χ1) is 7.67. The van der Waals surface area contributed by atoms with Crippen molar-refractivity contribution in [2.75, 3.05) is 6.61 Å². The molecule has 0 fully saturated rings. The van der Waals surface area contributed by atoms with E-state index in [-0.39, 0.29) is 18.3 Å². The molecule has 2 heteroatoms. The number of ether oxygens (including phenoxy) is 1. The van der Waals surface area contributed by atoms with Crippen LogP contribution in [0.15, 0.2) is 24.3 Å². The third kappa shape index (κ3) is 3.69. The van der Waals surface area contributed by atoms with Crippen LogP contribution < -0.4 is 4.74 Å². The summed E-state index contributed by atoms with van der Waals surface area (Å²) in [5, 5.41) is 0. The zero-order valence-electron chi connectivity index (χ0n) is 10.3. The topological polar surface area (TPSA) is 26.3 Å². The van der Waals surface area contributed by atoms with Gasteiger partial charge in [-0.2, -0.15) is 0 Å². The molecular weight excluding hydrogens is 200 g/mol. The molecule has 0 aliphatic carbocycles. The van der Waals surface area contributed by atoms with Crippen LogP contribution in [-0.2, 0) is 11.2 Å². The van der Waals surface area contributed by atoms with Crippen LogP contribution in [0.2, 0.25) is 0 Å². The van der Waals surface area contributed by atoms with Crippen molar-refractivity contribution in [3.05, 3.63) is 29.8 Å². The van der Waals surface area contributed by atoms with Crippen LogP contribution in [0.1, 0.15) is 32.8 Å². The Morgan fingerprint density at radius 3 is 2.75 bits per heavy atom. The Balaban J connectivity index is 2.51. The van der Waals surface area contributed by atoms with Crippen LogP contribution in [0.4, 0.5) is 0 Å².